The Morgan fingerprint density at radius 3 is 2.10 bits per heavy atom. The van der Waals surface area contributed by atoms with E-state index in [1.807, 2.05) is 55.1 Å². The van der Waals surface area contributed by atoms with E-state index in [4.69, 9.17) is 4.74 Å². The summed E-state index contributed by atoms with van der Waals surface area (Å²) >= 11 is 0. The lowest BCUT2D eigenvalue weighted by Gasteiger charge is -2.12. The van der Waals surface area contributed by atoms with Crippen molar-refractivity contribution in [1.82, 2.24) is 9.78 Å². The summed E-state index contributed by atoms with van der Waals surface area (Å²) in [5.74, 6) is -0.320. The van der Waals surface area contributed by atoms with Gasteiger partial charge in [0.05, 0.1) is 23.8 Å². The second-order valence-electron chi connectivity index (χ2n) is 7.89. The minimum atomic E-state index is -0.320. The topological polar surface area (TPSA) is 44.1 Å². The molecule has 30 heavy (non-hydrogen) atoms. The van der Waals surface area contributed by atoms with Crippen molar-refractivity contribution in [2.75, 3.05) is 0 Å². The van der Waals surface area contributed by atoms with Gasteiger partial charge in [0, 0.05) is 5.39 Å². The molecule has 0 aliphatic heterocycles. The van der Waals surface area contributed by atoms with Gasteiger partial charge < -0.3 is 4.74 Å². The molecule has 0 unspecified atom stereocenters. The third-order valence-electron chi connectivity index (χ3n) is 5.82. The molecule has 0 bridgehead atoms. The van der Waals surface area contributed by atoms with Crippen LogP contribution in [0.5, 0.6) is 0 Å². The zero-order valence-corrected chi connectivity index (χ0v) is 17.9. The normalized spacial score (nSPS) is 11.1. The third kappa shape index (κ3) is 3.86. The number of fused-ring (bicyclic) bond motifs is 1. The van der Waals surface area contributed by atoms with Gasteiger partial charge in [0.15, 0.2) is 0 Å². The zero-order chi connectivity index (χ0) is 21.3. The van der Waals surface area contributed by atoms with Crippen LogP contribution in [0.1, 0.15) is 43.7 Å². The molecule has 1 heterocycles. The smallest absolute Gasteiger partial charge is 0.338 e. The quantitative estimate of drug-likeness (QED) is 0.407. The highest BCUT2D eigenvalue weighted by molar-refractivity contribution is 5.94. The number of carbonyl (C=O) groups excluding carboxylic acids is 1. The first-order valence-corrected chi connectivity index (χ1v) is 10.2. The van der Waals surface area contributed by atoms with Crippen molar-refractivity contribution in [3.8, 4) is 0 Å². The summed E-state index contributed by atoms with van der Waals surface area (Å²) in [7, 11) is 0. The monoisotopic (exact) mass is 398 g/mol. The molecule has 0 amide bonds. The molecular weight excluding hydrogens is 372 g/mol. The van der Waals surface area contributed by atoms with Gasteiger partial charge in [-0.3, -0.25) is 4.68 Å². The van der Waals surface area contributed by atoms with E-state index < -0.39 is 0 Å². The number of aromatic nitrogens is 2. The van der Waals surface area contributed by atoms with Crippen LogP contribution in [-0.4, -0.2) is 15.7 Å². The Kier molecular flexibility index (Phi) is 5.40. The predicted molar refractivity (Wildman–Crippen MR) is 120 cm³/mol. The molecule has 4 nitrogen and oxygen atoms in total. The van der Waals surface area contributed by atoms with E-state index in [0.29, 0.717) is 12.1 Å². The maximum absolute atomic E-state index is 12.7. The molecule has 0 saturated carbocycles. The molecule has 1 aromatic heterocycles. The molecule has 0 saturated heterocycles. The van der Waals surface area contributed by atoms with Gasteiger partial charge in [-0.15, -0.1) is 0 Å². The third-order valence-corrected chi connectivity index (χ3v) is 5.82. The summed E-state index contributed by atoms with van der Waals surface area (Å²) in [5.41, 5.74) is 8.52. The van der Waals surface area contributed by atoms with Gasteiger partial charge in [-0.2, -0.15) is 5.10 Å². The first-order chi connectivity index (χ1) is 14.4. The van der Waals surface area contributed by atoms with Crippen LogP contribution in [0, 0.1) is 27.7 Å². The number of nitrogens with zero attached hydrogens (tertiary/aromatic N) is 2. The molecule has 0 atom stereocenters. The van der Waals surface area contributed by atoms with E-state index in [2.05, 4.69) is 37.1 Å². The summed E-state index contributed by atoms with van der Waals surface area (Å²) < 4.78 is 7.58. The number of carbonyl (C=O) groups is 1. The van der Waals surface area contributed by atoms with E-state index in [-0.39, 0.29) is 12.6 Å². The highest BCUT2D eigenvalue weighted by Gasteiger charge is 2.13. The van der Waals surface area contributed by atoms with Crippen LogP contribution in [0.2, 0.25) is 0 Å². The first kappa shape index (κ1) is 19.9. The van der Waals surface area contributed by atoms with E-state index in [9.17, 15) is 4.79 Å². The molecule has 152 valence electrons. The second-order valence-corrected chi connectivity index (χ2v) is 7.89. The lowest BCUT2D eigenvalue weighted by Crippen LogP contribution is -2.08. The lowest BCUT2D eigenvalue weighted by molar-refractivity contribution is 0.0471. The fourth-order valence-corrected chi connectivity index (χ4v) is 3.87. The van der Waals surface area contributed by atoms with Crippen LogP contribution in [0.3, 0.4) is 0 Å². The molecule has 0 radical (unpaired) electrons. The molecular formula is C26H26N2O2. The van der Waals surface area contributed by atoms with Crippen LogP contribution in [0.15, 0.2) is 60.8 Å². The number of aryl methyl sites for hydroxylation is 4. The standard InChI is InChI=1S/C26H26N2O2/c1-17-7-5-8-18(2)23(17)15-28-25-13-21(11-12-22(25)14-27-28)26(29)30-16-24-19(3)9-6-10-20(24)4/h5-14H,15-16H2,1-4H3. The SMILES string of the molecule is Cc1cccc(C)c1COC(=O)c1ccc2cnn(Cc3c(C)cccc3C)c2c1. The van der Waals surface area contributed by atoms with E-state index in [1.165, 1.54) is 16.7 Å². The van der Waals surface area contributed by atoms with Crippen molar-refractivity contribution in [2.45, 2.75) is 40.8 Å². The predicted octanol–water partition coefficient (Wildman–Crippen LogP) is 5.68. The molecule has 0 aliphatic rings. The number of hydrogen-bond acceptors (Lipinski definition) is 3. The second kappa shape index (κ2) is 8.15. The Balaban J connectivity index is 1.58. The minimum Gasteiger partial charge on any atom is -0.457 e. The average Bonchev–Trinajstić information content (AvgIpc) is 3.12. The molecule has 4 aromatic rings. The Labute approximate surface area is 177 Å². The molecule has 0 spiro atoms. The Bertz CT molecular complexity index is 1200. The fourth-order valence-electron chi connectivity index (χ4n) is 3.87. The summed E-state index contributed by atoms with van der Waals surface area (Å²) in [6.07, 6.45) is 1.84. The first-order valence-electron chi connectivity index (χ1n) is 10.2. The maximum Gasteiger partial charge on any atom is 0.338 e. The van der Waals surface area contributed by atoms with Gasteiger partial charge in [0.2, 0.25) is 0 Å². The van der Waals surface area contributed by atoms with Gasteiger partial charge >= 0.3 is 5.97 Å². The van der Waals surface area contributed by atoms with E-state index >= 15 is 0 Å². The van der Waals surface area contributed by atoms with Gasteiger partial charge in [-0.1, -0.05) is 42.5 Å². The summed E-state index contributed by atoms with van der Waals surface area (Å²) in [6.45, 7) is 9.25. The van der Waals surface area contributed by atoms with Crippen molar-refractivity contribution >= 4 is 16.9 Å². The highest BCUT2D eigenvalue weighted by atomic mass is 16.5. The Hall–Kier alpha value is -3.40. The van der Waals surface area contributed by atoms with Gasteiger partial charge in [0.1, 0.15) is 6.61 Å². The summed E-state index contributed by atoms with van der Waals surface area (Å²) in [6, 6.07) is 18.0. The van der Waals surface area contributed by atoms with Crippen LogP contribution in [0.25, 0.3) is 10.9 Å². The number of esters is 1. The van der Waals surface area contributed by atoms with Gasteiger partial charge in [-0.05, 0) is 73.2 Å². The zero-order valence-electron chi connectivity index (χ0n) is 17.9. The molecule has 4 heteroatoms. The van der Waals surface area contributed by atoms with Gasteiger partial charge in [0.25, 0.3) is 0 Å². The molecule has 0 N–H and O–H groups in total. The van der Waals surface area contributed by atoms with E-state index in [1.54, 1.807) is 6.07 Å². The Morgan fingerprint density at radius 1 is 0.867 bits per heavy atom. The van der Waals surface area contributed by atoms with Gasteiger partial charge in [-0.25, -0.2) is 4.79 Å². The number of rotatable bonds is 5. The largest absolute Gasteiger partial charge is 0.457 e. The van der Waals surface area contributed by atoms with Crippen molar-refractivity contribution in [3.05, 3.63) is 99.7 Å². The lowest BCUT2D eigenvalue weighted by atomic mass is 10.0. The van der Waals surface area contributed by atoms with Crippen molar-refractivity contribution in [1.29, 1.82) is 0 Å². The molecule has 0 aliphatic carbocycles. The van der Waals surface area contributed by atoms with Crippen LogP contribution < -0.4 is 0 Å². The number of ether oxygens (including phenoxy) is 1. The molecule has 4 rings (SSSR count). The van der Waals surface area contributed by atoms with Crippen molar-refractivity contribution in [2.24, 2.45) is 0 Å². The van der Waals surface area contributed by atoms with E-state index in [0.717, 1.165) is 27.6 Å². The van der Waals surface area contributed by atoms with Crippen molar-refractivity contribution in [3.63, 3.8) is 0 Å². The summed E-state index contributed by atoms with van der Waals surface area (Å²) in [5, 5.41) is 5.56. The van der Waals surface area contributed by atoms with Crippen LogP contribution in [0.4, 0.5) is 0 Å². The molecule has 3 aromatic carbocycles. The van der Waals surface area contributed by atoms with Crippen molar-refractivity contribution < 1.29 is 9.53 Å². The van der Waals surface area contributed by atoms with Crippen LogP contribution in [-0.2, 0) is 17.9 Å². The minimum absolute atomic E-state index is 0.275. The number of hydrogen-bond donors (Lipinski definition) is 0. The fraction of sp³-hybridized carbons (Fsp3) is 0.231. The maximum atomic E-state index is 12.7. The summed E-state index contributed by atoms with van der Waals surface area (Å²) in [4.78, 5) is 12.7. The number of benzene rings is 3. The average molecular weight is 399 g/mol. The van der Waals surface area contributed by atoms with Crippen LogP contribution >= 0.6 is 0 Å². The molecule has 0 fully saturated rings. The highest BCUT2D eigenvalue weighted by Crippen LogP contribution is 2.21. The Morgan fingerprint density at radius 2 is 1.47 bits per heavy atom.